The topological polar surface area (TPSA) is 105 Å². The molecule has 1 atom stereocenters. The van der Waals surface area contributed by atoms with Crippen molar-refractivity contribution in [1.29, 1.82) is 0 Å². The van der Waals surface area contributed by atoms with Crippen LogP contribution in [0.1, 0.15) is 19.8 Å². The number of pyridine rings is 1. The molecule has 9 heteroatoms. The lowest BCUT2D eigenvalue weighted by atomic mass is 10.2. The van der Waals surface area contributed by atoms with Crippen molar-refractivity contribution in [2.75, 3.05) is 32.8 Å². The number of guanidine groups is 1. The summed E-state index contributed by atoms with van der Waals surface area (Å²) in [6, 6.07) is 3.10. The molecular weight excluding hydrogens is 330 g/mol. The molecule has 1 aromatic rings. The van der Waals surface area contributed by atoms with Crippen LogP contribution in [0.4, 0.5) is 0 Å². The number of aromatic nitrogens is 1. The fourth-order valence-electron chi connectivity index (χ4n) is 2.28. The van der Waals surface area contributed by atoms with E-state index in [4.69, 9.17) is 4.74 Å². The average molecular weight is 355 g/mol. The first-order valence-electron chi connectivity index (χ1n) is 8.15. The van der Waals surface area contributed by atoms with Crippen molar-refractivity contribution in [2.45, 2.75) is 30.8 Å². The number of sulfonamides is 1. The molecule has 1 fully saturated rings. The maximum atomic E-state index is 12.1. The molecule has 0 spiro atoms. The monoisotopic (exact) mass is 355 g/mol. The highest BCUT2D eigenvalue weighted by atomic mass is 32.2. The minimum absolute atomic E-state index is 0.156. The molecule has 1 aliphatic heterocycles. The first kappa shape index (κ1) is 18.6. The molecule has 0 bridgehead atoms. The van der Waals surface area contributed by atoms with Gasteiger partial charge < -0.3 is 15.4 Å². The molecule has 0 amide bonds. The quantitative estimate of drug-likeness (QED) is 0.347. The number of ether oxygens (including phenoxy) is 1. The van der Waals surface area contributed by atoms with Gasteiger partial charge in [0.25, 0.3) is 0 Å². The van der Waals surface area contributed by atoms with Crippen molar-refractivity contribution in [3.05, 3.63) is 24.5 Å². The Morgan fingerprint density at radius 2 is 2.29 bits per heavy atom. The Hall–Kier alpha value is -1.71. The molecule has 0 radical (unpaired) electrons. The molecule has 0 saturated carbocycles. The van der Waals surface area contributed by atoms with Gasteiger partial charge in [-0.3, -0.25) is 9.98 Å². The Labute approximate surface area is 143 Å². The second-order valence-electron chi connectivity index (χ2n) is 5.37. The standard InChI is InChI=1S/C15H25N5O3S/c1-2-17-15(19-11-13-5-4-10-23-13)18-8-9-20-24(21,22)14-6-3-7-16-12-14/h3,6-7,12-13,20H,2,4-5,8-11H2,1H3,(H2,17,18,19). The summed E-state index contributed by atoms with van der Waals surface area (Å²) < 4.78 is 32.2. The van der Waals surface area contributed by atoms with Gasteiger partial charge in [0.2, 0.25) is 10.0 Å². The van der Waals surface area contributed by atoms with E-state index in [2.05, 4.69) is 25.3 Å². The lowest BCUT2D eigenvalue weighted by Crippen LogP contribution is -2.42. The van der Waals surface area contributed by atoms with Crippen LogP contribution in [0.3, 0.4) is 0 Å². The highest BCUT2D eigenvalue weighted by Crippen LogP contribution is 2.11. The van der Waals surface area contributed by atoms with Crippen LogP contribution in [0.25, 0.3) is 0 Å². The third-order valence-corrected chi connectivity index (χ3v) is 4.92. The SMILES string of the molecule is CCNC(=NCC1CCCO1)NCCNS(=O)(=O)c1cccnc1. The molecule has 24 heavy (non-hydrogen) atoms. The summed E-state index contributed by atoms with van der Waals surface area (Å²) >= 11 is 0. The number of aliphatic imine (C=N–C) groups is 1. The summed E-state index contributed by atoms with van der Waals surface area (Å²) in [6.45, 7) is 4.81. The van der Waals surface area contributed by atoms with Gasteiger partial charge in [0.05, 0.1) is 12.6 Å². The maximum Gasteiger partial charge on any atom is 0.242 e. The summed E-state index contributed by atoms with van der Waals surface area (Å²) in [6.07, 6.45) is 5.16. The number of hydrogen-bond donors (Lipinski definition) is 3. The minimum Gasteiger partial charge on any atom is -0.376 e. The maximum absolute atomic E-state index is 12.1. The first-order chi connectivity index (χ1) is 11.6. The van der Waals surface area contributed by atoms with E-state index in [0.29, 0.717) is 19.0 Å². The Balaban J connectivity index is 1.76. The van der Waals surface area contributed by atoms with Gasteiger partial charge in [-0.1, -0.05) is 0 Å². The van der Waals surface area contributed by atoms with E-state index in [1.807, 2.05) is 6.92 Å². The Morgan fingerprint density at radius 3 is 2.96 bits per heavy atom. The van der Waals surface area contributed by atoms with E-state index in [9.17, 15) is 8.42 Å². The summed E-state index contributed by atoms with van der Waals surface area (Å²) in [5.41, 5.74) is 0. The van der Waals surface area contributed by atoms with E-state index in [1.165, 1.54) is 18.5 Å². The molecule has 0 aromatic carbocycles. The molecule has 0 aliphatic carbocycles. The average Bonchev–Trinajstić information content (AvgIpc) is 3.11. The van der Waals surface area contributed by atoms with Gasteiger partial charge in [-0.2, -0.15) is 0 Å². The largest absolute Gasteiger partial charge is 0.376 e. The lowest BCUT2D eigenvalue weighted by molar-refractivity contribution is 0.117. The predicted molar refractivity (Wildman–Crippen MR) is 92.4 cm³/mol. The Bertz CT molecular complexity index is 615. The van der Waals surface area contributed by atoms with Gasteiger partial charge in [-0.25, -0.2) is 13.1 Å². The first-order valence-corrected chi connectivity index (χ1v) is 9.63. The van der Waals surface area contributed by atoms with Crippen molar-refractivity contribution in [3.63, 3.8) is 0 Å². The minimum atomic E-state index is -3.53. The van der Waals surface area contributed by atoms with Gasteiger partial charge in [0.1, 0.15) is 4.90 Å². The fraction of sp³-hybridized carbons (Fsp3) is 0.600. The van der Waals surface area contributed by atoms with Crippen LogP contribution >= 0.6 is 0 Å². The zero-order valence-corrected chi connectivity index (χ0v) is 14.7. The van der Waals surface area contributed by atoms with Crippen molar-refractivity contribution < 1.29 is 13.2 Å². The summed E-state index contributed by atoms with van der Waals surface area (Å²) in [4.78, 5) is 8.44. The molecule has 1 aliphatic rings. The number of hydrogen-bond acceptors (Lipinski definition) is 5. The molecule has 3 N–H and O–H groups in total. The summed E-state index contributed by atoms with van der Waals surface area (Å²) in [5, 5.41) is 6.24. The molecule has 134 valence electrons. The molecule has 2 rings (SSSR count). The number of nitrogens with one attached hydrogen (secondary N) is 3. The van der Waals surface area contributed by atoms with Crippen LogP contribution in [0, 0.1) is 0 Å². The van der Waals surface area contributed by atoms with Crippen LogP contribution in [0.15, 0.2) is 34.4 Å². The van der Waals surface area contributed by atoms with Gasteiger partial charge >= 0.3 is 0 Å². The summed E-state index contributed by atoms with van der Waals surface area (Å²) in [5.74, 6) is 0.661. The zero-order valence-electron chi connectivity index (χ0n) is 13.9. The van der Waals surface area contributed by atoms with Crippen LogP contribution in [-0.2, 0) is 14.8 Å². The van der Waals surface area contributed by atoms with Gasteiger partial charge in [-0.05, 0) is 31.9 Å². The van der Waals surface area contributed by atoms with Gasteiger partial charge in [0, 0.05) is 38.6 Å². The van der Waals surface area contributed by atoms with Crippen LogP contribution < -0.4 is 15.4 Å². The second-order valence-corrected chi connectivity index (χ2v) is 7.13. The van der Waals surface area contributed by atoms with Crippen molar-refractivity contribution in [3.8, 4) is 0 Å². The lowest BCUT2D eigenvalue weighted by Gasteiger charge is -2.13. The highest BCUT2D eigenvalue weighted by molar-refractivity contribution is 7.89. The van der Waals surface area contributed by atoms with Gasteiger partial charge in [-0.15, -0.1) is 0 Å². The van der Waals surface area contributed by atoms with Crippen LogP contribution in [0.2, 0.25) is 0 Å². The third-order valence-electron chi connectivity index (χ3n) is 3.48. The smallest absolute Gasteiger partial charge is 0.242 e. The second kappa shape index (κ2) is 9.55. The fourth-order valence-corrected chi connectivity index (χ4v) is 3.27. The van der Waals surface area contributed by atoms with Crippen LogP contribution in [-0.4, -0.2) is 58.3 Å². The van der Waals surface area contributed by atoms with Gasteiger partial charge in [0.15, 0.2) is 5.96 Å². The predicted octanol–water partition coefficient (Wildman–Crippen LogP) is 0.0940. The highest BCUT2D eigenvalue weighted by Gasteiger charge is 2.15. The van der Waals surface area contributed by atoms with E-state index in [1.54, 1.807) is 6.07 Å². The van der Waals surface area contributed by atoms with Crippen LogP contribution in [0.5, 0.6) is 0 Å². The molecule has 1 aromatic heterocycles. The van der Waals surface area contributed by atoms with Crippen molar-refractivity contribution in [2.24, 2.45) is 4.99 Å². The van der Waals surface area contributed by atoms with E-state index < -0.39 is 10.0 Å². The number of nitrogens with zero attached hydrogens (tertiary/aromatic N) is 2. The van der Waals surface area contributed by atoms with Crippen molar-refractivity contribution >= 4 is 16.0 Å². The number of rotatable bonds is 8. The normalized spacial score (nSPS) is 18.5. The molecule has 8 nitrogen and oxygen atoms in total. The summed E-state index contributed by atoms with van der Waals surface area (Å²) in [7, 11) is -3.53. The molecular formula is C15H25N5O3S. The Morgan fingerprint density at radius 1 is 1.42 bits per heavy atom. The van der Waals surface area contributed by atoms with E-state index in [0.717, 1.165) is 26.0 Å². The molecule has 1 unspecified atom stereocenters. The third kappa shape index (κ3) is 6.06. The molecule has 2 heterocycles. The Kier molecular flexibility index (Phi) is 7.41. The van der Waals surface area contributed by atoms with Crippen molar-refractivity contribution in [1.82, 2.24) is 20.3 Å². The van der Waals surface area contributed by atoms with E-state index >= 15 is 0 Å². The van der Waals surface area contributed by atoms with E-state index in [-0.39, 0.29) is 17.5 Å². The zero-order chi connectivity index (χ0) is 17.3. The molecule has 1 saturated heterocycles.